The van der Waals surface area contributed by atoms with Gasteiger partial charge in [-0.3, -0.25) is 9.59 Å². The first-order chi connectivity index (χ1) is 18.0. The van der Waals surface area contributed by atoms with Crippen LogP contribution >= 0.6 is 0 Å². The molecule has 0 aromatic heterocycles. The van der Waals surface area contributed by atoms with Gasteiger partial charge in [0, 0.05) is 37.9 Å². The van der Waals surface area contributed by atoms with Crippen LogP contribution in [0.2, 0.25) is 0 Å². The zero-order chi connectivity index (χ0) is 26.7. The molecule has 200 valence electrons. The van der Waals surface area contributed by atoms with Gasteiger partial charge >= 0.3 is 5.97 Å². The minimum atomic E-state index is -0.254. The van der Waals surface area contributed by atoms with Crippen molar-refractivity contribution in [3.63, 3.8) is 0 Å². The number of carbonyl (C=O) groups excluding carboxylic acids is 2. The van der Waals surface area contributed by atoms with Crippen LogP contribution < -0.4 is 4.74 Å². The van der Waals surface area contributed by atoms with Gasteiger partial charge in [0.05, 0.1) is 0 Å². The first-order valence-electron chi connectivity index (χ1n) is 14.2. The Hall–Kier alpha value is -3.06. The normalized spacial score (nSPS) is 10.5. The summed E-state index contributed by atoms with van der Waals surface area (Å²) in [6.07, 6.45) is 12.6. The van der Waals surface area contributed by atoms with E-state index in [0.29, 0.717) is 31.7 Å². The molecule has 0 unspecified atom stereocenters. The Kier molecular flexibility index (Phi) is 14.9. The molecule has 0 fully saturated rings. The number of amides is 1. The lowest BCUT2D eigenvalue weighted by Gasteiger charge is -2.23. The predicted octanol–water partition coefficient (Wildman–Crippen LogP) is 8.21. The number of ether oxygens (including phenoxy) is 1. The van der Waals surface area contributed by atoms with Crippen LogP contribution in [0.1, 0.15) is 115 Å². The summed E-state index contributed by atoms with van der Waals surface area (Å²) in [5, 5.41) is 0. The van der Waals surface area contributed by atoms with Gasteiger partial charge in [0.2, 0.25) is 5.91 Å². The molecule has 0 N–H and O–H groups in total. The molecule has 0 atom stereocenters. The fourth-order valence-corrected chi connectivity index (χ4v) is 4.08. The van der Waals surface area contributed by atoms with E-state index < -0.39 is 0 Å². The van der Waals surface area contributed by atoms with E-state index >= 15 is 0 Å². The predicted molar refractivity (Wildman–Crippen MR) is 152 cm³/mol. The highest BCUT2D eigenvalue weighted by atomic mass is 16.5. The number of hydrogen-bond donors (Lipinski definition) is 0. The Morgan fingerprint density at radius 3 is 1.92 bits per heavy atom. The molecule has 2 aromatic carbocycles. The maximum absolute atomic E-state index is 13.1. The molecule has 0 heterocycles. The largest absolute Gasteiger partial charge is 0.427 e. The summed E-state index contributed by atoms with van der Waals surface area (Å²) in [4.78, 5) is 26.5. The van der Waals surface area contributed by atoms with Gasteiger partial charge in [-0.15, -0.1) is 0 Å². The van der Waals surface area contributed by atoms with E-state index in [1.165, 1.54) is 38.5 Å². The first kappa shape index (κ1) is 30.2. The Balaban J connectivity index is 1.96. The average molecular weight is 504 g/mol. The van der Waals surface area contributed by atoms with Crippen molar-refractivity contribution in [1.82, 2.24) is 4.90 Å². The second kappa shape index (κ2) is 18.2. The van der Waals surface area contributed by atoms with Crippen LogP contribution in [0.4, 0.5) is 0 Å². The lowest BCUT2D eigenvalue weighted by molar-refractivity contribution is -0.134. The van der Waals surface area contributed by atoms with E-state index in [2.05, 4.69) is 50.0 Å². The standard InChI is InChI=1S/C33H45NO3/c1-4-7-9-10-11-12-13-15-16-28-18-20-29(21-19-28)26-34(32(35)17-14-8-5-2)27-30-22-24-31(25-23-30)37-33(36)6-3/h18-25H,4-14,17,26-27H2,1-3H3. The van der Waals surface area contributed by atoms with Gasteiger partial charge < -0.3 is 9.64 Å². The third-order valence-corrected chi connectivity index (χ3v) is 6.38. The highest BCUT2D eigenvalue weighted by molar-refractivity contribution is 5.76. The van der Waals surface area contributed by atoms with Crippen LogP contribution in [-0.4, -0.2) is 16.8 Å². The second-order valence-corrected chi connectivity index (χ2v) is 9.69. The molecule has 2 aromatic rings. The maximum atomic E-state index is 13.1. The monoisotopic (exact) mass is 503 g/mol. The van der Waals surface area contributed by atoms with Crippen LogP contribution in [0.15, 0.2) is 48.5 Å². The van der Waals surface area contributed by atoms with Crippen molar-refractivity contribution in [3.8, 4) is 17.6 Å². The van der Waals surface area contributed by atoms with Gasteiger partial charge in [-0.2, -0.15) is 0 Å². The van der Waals surface area contributed by atoms with Crippen molar-refractivity contribution >= 4 is 11.9 Å². The Labute approximate surface area is 224 Å². The van der Waals surface area contributed by atoms with Crippen molar-refractivity contribution in [2.24, 2.45) is 0 Å². The third kappa shape index (κ3) is 12.6. The zero-order valence-corrected chi connectivity index (χ0v) is 23.2. The average Bonchev–Trinajstić information content (AvgIpc) is 2.91. The minimum Gasteiger partial charge on any atom is -0.427 e. The molecular formula is C33H45NO3. The number of hydrogen-bond acceptors (Lipinski definition) is 3. The number of unbranched alkanes of at least 4 members (excludes halogenated alkanes) is 8. The molecule has 0 aliphatic carbocycles. The van der Waals surface area contributed by atoms with Gasteiger partial charge in [-0.25, -0.2) is 0 Å². The van der Waals surface area contributed by atoms with E-state index in [-0.39, 0.29) is 11.9 Å². The molecule has 0 radical (unpaired) electrons. The molecule has 0 spiro atoms. The van der Waals surface area contributed by atoms with Crippen LogP contribution in [0.3, 0.4) is 0 Å². The van der Waals surface area contributed by atoms with Gasteiger partial charge in [-0.1, -0.05) is 102 Å². The van der Waals surface area contributed by atoms with Crippen molar-refractivity contribution in [2.45, 2.75) is 111 Å². The van der Waals surface area contributed by atoms with Crippen LogP contribution in [0.25, 0.3) is 0 Å². The number of carbonyl (C=O) groups is 2. The van der Waals surface area contributed by atoms with E-state index in [0.717, 1.165) is 42.4 Å². The van der Waals surface area contributed by atoms with E-state index in [4.69, 9.17) is 4.74 Å². The Bertz CT molecular complexity index is 983. The van der Waals surface area contributed by atoms with Gasteiger partial charge in [0.1, 0.15) is 5.75 Å². The second-order valence-electron chi connectivity index (χ2n) is 9.69. The van der Waals surface area contributed by atoms with Crippen LogP contribution in [0.5, 0.6) is 5.75 Å². The van der Waals surface area contributed by atoms with E-state index in [1.54, 1.807) is 19.1 Å². The zero-order valence-electron chi connectivity index (χ0n) is 23.2. The summed E-state index contributed by atoms with van der Waals surface area (Å²) in [6.45, 7) is 7.24. The lowest BCUT2D eigenvalue weighted by atomic mass is 10.1. The molecule has 0 saturated carbocycles. The number of benzene rings is 2. The molecule has 0 aliphatic heterocycles. The third-order valence-electron chi connectivity index (χ3n) is 6.38. The first-order valence-corrected chi connectivity index (χ1v) is 14.2. The van der Waals surface area contributed by atoms with Gasteiger partial charge in [0.15, 0.2) is 0 Å². The molecule has 0 bridgehead atoms. The lowest BCUT2D eigenvalue weighted by Crippen LogP contribution is -2.29. The van der Waals surface area contributed by atoms with Crippen molar-refractivity contribution in [1.29, 1.82) is 0 Å². The van der Waals surface area contributed by atoms with Gasteiger partial charge in [0.25, 0.3) is 0 Å². The van der Waals surface area contributed by atoms with Gasteiger partial charge in [-0.05, 0) is 48.2 Å². The van der Waals surface area contributed by atoms with Crippen molar-refractivity contribution in [3.05, 3.63) is 65.2 Å². The molecule has 1 amide bonds. The van der Waals surface area contributed by atoms with Crippen molar-refractivity contribution < 1.29 is 14.3 Å². The quantitative estimate of drug-likeness (QED) is 0.100. The summed E-state index contributed by atoms with van der Waals surface area (Å²) in [5.41, 5.74) is 3.13. The SMILES string of the molecule is CCCCCCCCC#Cc1ccc(CN(Cc2ccc(OC(=O)CC)cc2)C(=O)CCCCC)cc1. The van der Waals surface area contributed by atoms with E-state index in [1.807, 2.05) is 17.0 Å². The molecule has 0 saturated heterocycles. The minimum absolute atomic E-state index is 0.165. The van der Waals surface area contributed by atoms with Crippen molar-refractivity contribution in [2.75, 3.05) is 0 Å². The summed E-state index contributed by atoms with van der Waals surface area (Å²) in [7, 11) is 0. The molecule has 4 heteroatoms. The van der Waals surface area contributed by atoms with Crippen LogP contribution in [0, 0.1) is 11.8 Å². The number of nitrogens with zero attached hydrogens (tertiary/aromatic N) is 1. The fraction of sp³-hybridized carbons (Fsp3) is 0.515. The number of esters is 1. The summed E-state index contributed by atoms with van der Waals surface area (Å²) in [6, 6.07) is 15.7. The molecule has 37 heavy (non-hydrogen) atoms. The summed E-state index contributed by atoms with van der Waals surface area (Å²) >= 11 is 0. The molecule has 4 nitrogen and oxygen atoms in total. The highest BCUT2D eigenvalue weighted by Gasteiger charge is 2.15. The Morgan fingerprint density at radius 2 is 1.30 bits per heavy atom. The molecule has 0 aliphatic rings. The smallest absolute Gasteiger partial charge is 0.310 e. The maximum Gasteiger partial charge on any atom is 0.310 e. The van der Waals surface area contributed by atoms with Crippen LogP contribution in [-0.2, 0) is 22.7 Å². The molecular weight excluding hydrogens is 458 g/mol. The summed E-state index contributed by atoms with van der Waals surface area (Å²) in [5.74, 6) is 7.03. The van der Waals surface area contributed by atoms with E-state index in [9.17, 15) is 9.59 Å². The highest BCUT2D eigenvalue weighted by Crippen LogP contribution is 2.18. The summed E-state index contributed by atoms with van der Waals surface area (Å²) < 4.78 is 5.27. The topological polar surface area (TPSA) is 46.6 Å². The Morgan fingerprint density at radius 1 is 0.730 bits per heavy atom. The molecule has 2 rings (SSSR count). The fourth-order valence-electron chi connectivity index (χ4n) is 4.08. The number of rotatable bonds is 16.